The highest BCUT2D eigenvalue weighted by molar-refractivity contribution is 5.86. The van der Waals surface area contributed by atoms with Gasteiger partial charge in [-0.3, -0.25) is 0 Å². The molecule has 0 amide bonds. The maximum atomic E-state index is 5.99. The van der Waals surface area contributed by atoms with Gasteiger partial charge in [-0.15, -0.1) is 0 Å². The molecule has 0 aliphatic carbocycles. The first-order valence-corrected chi connectivity index (χ1v) is 7.70. The molecule has 0 radical (unpaired) electrons. The van der Waals surface area contributed by atoms with E-state index in [-0.39, 0.29) is 0 Å². The number of ether oxygens (including phenoxy) is 1. The molecular weight excluding hydrogens is 262 g/mol. The SMILES string of the molecule is C=C1C2=C(NCCCO2)c2cc(N)ccc2N1CCCC. The number of nitrogens with zero attached hydrogens (tertiary/aromatic N) is 1. The van der Waals surface area contributed by atoms with E-state index in [9.17, 15) is 0 Å². The van der Waals surface area contributed by atoms with Crippen molar-refractivity contribution in [1.29, 1.82) is 0 Å². The fraction of sp³-hybridized carbons (Fsp3) is 0.412. The zero-order chi connectivity index (χ0) is 14.8. The Morgan fingerprint density at radius 2 is 2.29 bits per heavy atom. The molecule has 4 nitrogen and oxygen atoms in total. The summed E-state index contributed by atoms with van der Waals surface area (Å²) < 4.78 is 5.96. The van der Waals surface area contributed by atoms with Crippen LogP contribution in [0.4, 0.5) is 11.4 Å². The maximum Gasteiger partial charge on any atom is 0.166 e. The monoisotopic (exact) mass is 285 g/mol. The fourth-order valence-corrected chi connectivity index (χ4v) is 2.89. The highest BCUT2D eigenvalue weighted by Gasteiger charge is 2.29. The average Bonchev–Trinajstić information content (AvgIpc) is 2.73. The second-order valence-electron chi connectivity index (χ2n) is 5.56. The number of unbranched alkanes of at least 4 members (excludes halogenated alkanes) is 1. The van der Waals surface area contributed by atoms with Gasteiger partial charge in [-0.05, 0) is 31.0 Å². The predicted molar refractivity (Wildman–Crippen MR) is 87.7 cm³/mol. The minimum Gasteiger partial charge on any atom is -0.489 e. The molecule has 0 saturated heterocycles. The van der Waals surface area contributed by atoms with Crippen LogP contribution in [-0.2, 0) is 4.74 Å². The van der Waals surface area contributed by atoms with Crippen LogP contribution in [0, 0.1) is 0 Å². The van der Waals surface area contributed by atoms with Crippen LogP contribution in [0.5, 0.6) is 0 Å². The molecule has 1 aromatic carbocycles. The van der Waals surface area contributed by atoms with E-state index in [2.05, 4.69) is 29.8 Å². The molecule has 2 aliphatic rings. The van der Waals surface area contributed by atoms with Crippen molar-refractivity contribution in [1.82, 2.24) is 5.32 Å². The van der Waals surface area contributed by atoms with Gasteiger partial charge in [0.2, 0.25) is 0 Å². The van der Waals surface area contributed by atoms with Gasteiger partial charge in [-0.2, -0.15) is 0 Å². The van der Waals surface area contributed by atoms with Gasteiger partial charge in [0.1, 0.15) is 0 Å². The third kappa shape index (κ3) is 2.46. The van der Waals surface area contributed by atoms with E-state index in [1.54, 1.807) is 0 Å². The van der Waals surface area contributed by atoms with E-state index in [1.165, 1.54) is 5.69 Å². The Kier molecular flexibility index (Phi) is 3.78. The van der Waals surface area contributed by atoms with E-state index in [1.807, 2.05) is 12.1 Å². The summed E-state index contributed by atoms with van der Waals surface area (Å²) in [5.41, 5.74) is 11.0. The van der Waals surface area contributed by atoms with Gasteiger partial charge >= 0.3 is 0 Å². The Hall–Kier alpha value is -2.10. The summed E-state index contributed by atoms with van der Waals surface area (Å²) in [5.74, 6) is 0.877. The molecule has 0 aromatic heterocycles. The van der Waals surface area contributed by atoms with Crippen molar-refractivity contribution < 1.29 is 4.74 Å². The smallest absolute Gasteiger partial charge is 0.166 e. The van der Waals surface area contributed by atoms with Crippen LogP contribution >= 0.6 is 0 Å². The largest absolute Gasteiger partial charge is 0.489 e. The highest BCUT2D eigenvalue weighted by atomic mass is 16.5. The van der Waals surface area contributed by atoms with Crippen LogP contribution in [0.3, 0.4) is 0 Å². The number of fused-ring (bicyclic) bond motifs is 2. The standard InChI is InChI=1S/C17H23N3O/c1-3-4-9-20-12(2)17-16(19-8-5-10-21-17)14-11-13(18)6-7-15(14)20/h6-7,11,19H,2-5,8-10,18H2,1H3. The average molecular weight is 285 g/mol. The summed E-state index contributed by atoms with van der Waals surface area (Å²) in [7, 11) is 0. The molecule has 112 valence electrons. The van der Waals surface area contributed by atoms with Crippen LogP contribution in [0.2, 0.25) is 0 Å². The molecule has 0 bridgehead atoms. The minimum absolute atomic E-state index is 0.726. The molecule has 0 atom stereocenters. The zero-order valence-electron chi connectivity index (χ0n) is 12.6. The van der Waals surface area contributed by atoms with Gasteiger partial charge in [0.15, 0.2) is 5.76 Å². The van der Waals surface area contributed by atoms with E-state index in [0.717, 1.165) is 67.4 Å². The van der Waals surface area contributed by atoms with Crippen LogP contribution in [-0.4, -0.2) is 19.7 Å². The van der Waals surface area contributed by atoms with E-state index >= 15 is 0 Å². The third-order valence-electron chi connectivity index (χ3n) is 4.00. The zero-order valence-corrected chi connectivity index (χ0v) is 12.6. The van der Waals surface area contributed by atoms with Gasteiger partial charge < -0.3 is 20.7 Å². The van der Waals surface area contributed by atoms with Crippen LogP contribution in [0.25, 0.3) is 5.70 Å². The van der Waals surface area contributed by atoms with Crippen molar-refractivity contribution >= 4 is 17.1 Å². The lowest BCUT2D eigenvalue weighted by Crippen LogP contribution is -2.31. The Bertz CT molecular complexity index is 592. The summed E-state index contributed by atoms with van der Waals surface area (Å²) in [6.45, 7) is 9.06. The van der Waals surface area contributed by atoms with Crippen molar-refractivity contribution in [2.24, 2.45) is 0 Å². The second-order valence-corrected chi connectivity index (χ2v) is 5.56. The van der Waals surface area contributed by atoms with Gasteiger partial charge in [0.25, 0.3) is 0 Å². The number of hydrogen-bond donors (Lipinski definition) is 2. The van der Waals surface area contributed by atoms with E-state index in [0.29, 0.717) is 0 Å². The van der Waals surface area contributed by atoms with Gasteiger partial charge in [-0.25, -0.2) is 0 Å². The van der Waals surface area contributed by atoms with Gasteiger partial charge in [-0.1, -0.05) is 19.9 Å². The number of benzene rings is 1. The first-order chi connectivity index (χ1) is 10.2. The lowest BCUT2D eigenvalue weighted by molar-refractivity contribution is 0.223. The number of hydrogen-bond acceptors (Lipinski definition) is 4. The molecule has 21 heavy (non-hydrogen) atoms. The first-order valence-electron chi connectivity index (χ1n) is 7.70. The van der Waals surface area contributed by atoms with Crippen molar-refractivity contribution in [3.63, 3.8) is 0 Å². The van der Waals surface area contributed by atoms with Crippen LogP contribution in [0.15, 0.2) is 36.2 Å². The Morgan fingerprint density at radius 3 is 3.10 bits per heavy atom. The number of anilines is 2. The normalized spacial score (nSPS) is 17.6. The minimum atomic E-state index is 0.726. The topological polar surface area (TPSA) is 50.5 Å². The van der Waals surface area contributed by atoms with E-state index < -0.39 is 0 Å². The summed E-state index contributed by atoms with van der Waals surface area (Å²) in [6.07, 6.45) is 3.27. The molecule has 3 N–H and O–H groups in total. The fourth-order valence-electron chi connectivity index (χ4n) is 2.89. The quantitative estimate of drug-likeness (QED) is 0.838. The summed E-state index contributed by atoms with van der Waals surface area (Å²) in [5, 5.41) is 3.49. The maximum absolute atomic E-state index is 5.99. The number of rotatable bonds is 3. The summed E-state index contributed by atoms with van der Waals surface area (Å²) >= 11 is 0. The predicted octanol–water partition coefficient (Wildman–Crippen LogP) is 3.08. The van der Waals surface area contributed by atoms with E-state index in [4.69, 9.17) is 10.5 Å². The summed E-state index contributed by atoms with van der Waals surface area (Å²) in [4.78, 5) is 2.25. The van der Waals surface area contributed by atoms with Crippen molar-refractivity contribution in [3.05, 3.63) is 41.8 Å². The molecule has 4 heteroatoms. The molecule has 3 rings (SSSR count). The molecule has 2 heterocycles. The lowest BCUT2D eigenvalue weighted by atomic mass is 10.00. The van der Waals surface area contributed by atoms with Crippen LogP contribution in [0.1, 0.15) is 31.7 Å². The number of nitrogens with two attached hydrogens (primary N) is 1. The van der Waals surface area contributed by atoms with Crippen molar-refractivity contribution in [2.45, 2.75) is 26.2 Å². The molecule has 0 spiro atoms. The second kappa shape index (κ2) is 5.72. The highest BCUT2D eigenvalue weighted by Crippen LogP contribution is 2.40. The van der Waals surface area contributed by atoms with Gasteiger partial charge in [0.05, 0.1) is 23.7 Å². The Morgan fingerprint density at radius 1 is 1.43 bits per heavy atom. The van der Waals surface area contributed by atoms with Crippen LogP contribution < -0.4 is 16.0 Å². The first kappa shape index (κ1) is 13.9. The Balaban J connectivity index is 2.10. The van der Waals surface area contributed by atoms with Crippen molar-refractivity contribution in [3.8, 4) is 0 Å². The molecular formula is C17H23N3O. The van der Waals surface area contributed by atoms with Gasteiger partial charge in [0, 0.05) is 24.3 Å². The van der Waals surface area contributed by atoms with Crippen molar-refractivity contribution in [2.75, 3.05) is 30.3 Å². The summed E-state index contributed by atoms with van der Waals surface area (Å²) in [6, 6.07) is 6.06. The molecule has 2 aliphatic heterocycles. The molecule has 0 fully saturated rings. The Labute approximate surface area is 126 Å². The number of nitrogen functional groups attached to an aromatic ring is 1. The third-order valence-corrected chi connectivity index (χ3v) is 4.00. The molecule has 1 aromatic rings. The lowest BCUT2D eigenvalue weighted by Gasteiger charge is -2.35. The number of nitrogens with one attached hydrogen (secondary N) is 1. The molecule has 0 saturated carbocycles. The molecule has 0 unspecified atom stereocenters.